The number of fused-ring (bicyclic) bond motifs is 3. The first-order chi connectivity index (χ1) is 16.3. The second-order valence-electron chi connectivity index (χ2n) is 7.57. The maximum absolute atomic E-state index is 7.29. The minimum absolute atomic E-state index is 0. The van der Waals surface area contributed by atoms with Gasteiger partial charge in [0.2, 0.25) is 5.69 Å². The Morgan fingerprint density at radius 1 is 0.824 bits per heavy atom. The summed E-state index contributed by atoms with van der Waals surface area (Å²) in [6.07, 6.45) is 6.72. The topological polar surface area (TPSA) is 35.1 Å². The molecule has 0 saturated heterocycles. The van der Waals surface area contributed by atoms with Crippen molar-refractivity contribution in [2.24, 2.45) is 0 Å². The molecule has 0 fully saturated rings. The smallest absolute Gasteiger partial charge is 0.235 e. The molecule has 0 N–H and O–H groups in total. The molecule has 5 aromatic rings. The number of hydrogen-bond donors (Lipinski definition) is 0. The van der Waals surface area contributed by atoms with E-state index in [4.69, 9.17) is 6.57 Å². The molecule has 0 spiro atoms. The minimum atomic E-state index is 0. The number of hydrogen-bond acceptors (Lipinski definition) is 2. The van der Waals surface area contributed by atoms with Crippen LogP contribution >= 0.6 is 0 Å². The van der Waals surface area contributed by atoms with Crippen LogP contribution in [0.1, 0.15) is 5.56 Å². The zero-order valence-electron chi connectivity index (χ0n) is 18.3. The summed E-state index contributed by atoms with van der Waals surface area (Å²) >= 11 is 0. The minimum Gasteiger partial charge on any atom is -0.371 e. The van der Waals surface area contributed by atoms with Crippen molar-refractivity contribution in [1.29, 1.82) is 0 Å². The van der Waals surface area contributed by atoms with Crippen molar-refractivity contribution in [3.8, 4) is 33.8 Å². The van der Waals surface area contributed by atoms with Crippen molar-refractivity contribution in [2.75, 3.05) is 0 Å². The molecular formula is C29H20IrN4-2. The van der Waals surface area contributed by atoms with Crippen molar-refractivity contribution in [3.63, 3.8) is 0 Å². The molecule has 0 bridgehead atoms. The van der Waals surface area contributed by atoms with Gasteiger partial charge in [0.05, 0.1) is 5.82 Å². The van der Waals surface area contributed by atoms with E-state index < -0.39 is 0 Å². The van der Waals surface area contributed by atoms with Crippen LogP contribution in [0.2, 0.25) is 0 Å². The number of nitrogens with zero attached hydrogens (tertiary/aromatic N) is 4. The first-order valence-corrected chi connectivity index (χ1v) is 10.7. The van der Waals surface area contributed by atoms with E-state index in [1.807, 2.05) is 79.1 Å². The van der Waals surface area contributed by atoms with Gasteiger partial charge in [-0.15, -0.1) is 53.6 Å². The third-order valence-corrected chi connectivity index (χ3v) is 5.59. The van der Waals surface area contributed by atoms with Gasteiger partial charge < -0.3 is 9.55 Å². The van der Waals surface area contributed by atoms with E-state index in [2.05, 4.69) is 37.6 Å². The number of rotatable bonds is 2. The van der Waals surface area contributed by atoms with E-state index in [1.165, 1.54) is 11.1 Å². The molecule has 0 unspecified atom stereocenters. The van der Waals surface area contributed by atoms with Crippen LogP contribution in [0.4, 0.5) is 5.69 Å². The van der Waals surface area contributed by atoms with Gasteiger partial charge in [-0.1, -0.05) is 42.5 Å². The van der Waals surface area contributed by atoms with Crippen molar-refractivity contribution in [1.82, 2.24) is 14.5 Å². The van der Waals surface area contributed by atoms with Gasteiger partial charge in [0.25, 0.3) is 0 Å². The first kappa shape index (κ1) is 23.3. The van der Waals surface area contributed by atoms with Crippen molar-refractivity contribution >= 4 is 5.69 Å². The summed E-state index contributed by atoms with van der Waals surface area (Å²) < 4.78 is 2.18. The SMILES string of the molecule is [C-]#[N+]c1ccc[c-]c1-c1ncccc1-c1ccccc1.[Ir].[c-]1cccc2c1-c1nccn1CC2. The monoisotopic (exact) mass is 617 g/mol. The molecule has 5 heteroatoms. The average molecular weight is 617 g/mol. The Morgan fingerprint density at radius 3 is 2.44 bits per heavy atom. The molecule has 1 radical (unpaired) electrons. The molecule has 167 valence electrons. The molecule has 6 rings (SSSR count). The van der Waals surface area contributed by atoms with E-state index in [1.54, 1.807) is 12.3 Å². The second-order valence-corrected chi connectivity index (χ2v) is 7.57. The van der Waals surface area contributed by atoms with E-state index in [0.717, 1.165) is 41.2 Å². The Bertz CT molecular complexity index is 1430. The van der Waals surface area contributed by atoms with Crippen molar-refractivity contribution in [2.45, 2.75) is 13.0 Å². The molecular weight excluding hydrogens is 597 g/mol. The van der Waals surface area contributed by atoms with Crippen LogP contribution in [0.3, 0.4) is 0 Å². The zero-order chi connectivity index (χ0) is 22.5. The summed E-state index contributed by atoms with van der Waals surface area (Å²) in [5, 5.41) is 0. The molecule has 3 aromatic carbocycles. The number of aromatic nitrogens is 3. The molecule has 4 nitrogen and oxygen atoms in total. The number of pyridine rings is 1. The largest absolute Gasteiger partial charge is 0.371 e. The Kier molecular flexibility index (Phi) is 7.44. The summed E-state index contributed by atoms with van der Waals surface area (Å²) in [7, 11) is 0. The van der Waals surface area contributed by atoms with Crippen LogP contribution in [0.25, 0.3) is 38.6 Å². The van der Waals surface area contributed by atoms with Gasteiger partial charge >= 0.3 is 0 Å². The first-order valence-electron chi connectivity index (χ1n) is 10.7. The quantitative estimate of drug-likeness (QED) is 0.208. The van der Waals surface area contributed by atoms with Gasteiger partial charge in [-0.25, -0.2) is 0 Å². The predicted octanol–water partition coefficient (Wildman–Crippen LogP) is 6.67. The van der Waals surface area contributed by atoms with E-state index in [-0.39, 0.29) is 20.1 Å². The maximum Gasteiger partial charge on any atom is 0.235 e. The molecule has 0 saturated carbocycles. The predicted molar refractivity (Wildman–Crippen MR) is 130 cm³/mol. The van der Waals surface area contributed by atoms with E-state index in [9.17, 15) is 0 Å². The number of aryl methyl sites for hydroxylation is 2. The van der Waals surface area contributed by atoms with E-state index >= 15 is 0 Å². The molecule has 34 heavy (non-hydrogen) atoms. The van der Waals surface area contributed by atoms with Gasteiger partial charge in [-0.3, -0.25) is 4.98 Å². The molecule has 1 aliphatic heterocycles. The fourth-order valence-corrected chi connectivity index (χ4v) is 4.01. The number of imidazole rings is 1. The molecule has 0 amide bonds. The Morgan fingerprint density at radius 2 is 1.62 bits per heavy atom. The third-order valence-electron chi connectivity index (χ3n) is 5.59. The summed E-state index contributed by atoms with van der Waals surface area (Å²) in [4.78, 5) is 12.3. The molecule has 0 atom stereocenters. The standard InChI is InChI=1S/C18H11N2.C11H9N2.Ir/c1-19-17-12-6-5-10-16(17)18-15(11-7-13-20-18)14-8-3-2-4-9-14;1-2-4-10-9(3-1)5-7-13-8-6-12-11(10)13;/h2-9,11-13H;1-3,6,8H,5,7H2;/q2*-1;. The summed E-state index contributed by atoms with van der Waals surface area (Å²) in [5.41, 5.74) is 6.75. The van der Waals surface area contributed by atoms with Crippen molar-refractivity contribution in [3.05, 3.63) is 127 Å². The van der Waals surface area contributed by atoms with Gasteiger partial charge in [0, 0.05) is 50.9 Å². The maximum atomic E-state index is 7.29. The molecule has 0 aliphatic carbocycles. The van der Waals surface area contributed by atoms with Crippen LogP contribution in [0, 0.1) is 18.7 Å². The van der Waals surface area contributed by atoms with Crippen molar-refractivity contribution < 1.29 is 20.1 Å². The number of benzene rings is 3. The summed E-state index contributed by atoms with van der Waals surface area (Å²) in [6, 6.07) is 32.0. The van der Waals surface area contributed by atoms with Gasteiger partial charge in [0.15, 0.2) is 0 Å². The van der Waals surface area contributed by atoms with Crippen LogP contribution in [0.5, 0.6) is 0 Å². The zero-order valence-corrected chi connectivity index (χ0v) is 20.7. The van der Waals surface area contributed by atoms with Crippen LogP contribution in [0.15, 0.2) is 97.5 Å². The van der Waals surface area contributed by atoms with Crippen LogP contribution < -0.4 is 0 Å². The third kappa shape index (κ3) is 4.75. The Labute approximate surface area is 213 Å². The normalized spacial score (nSPS) is 11.0. The molecule has 3 heterocycles. The summed E-state index contributed by atoms with van der Waals surface area (Å²) in [6.45, 7) is 8.33. The summed E-state index contributed by atoms with van der Waals surface area (Å²) in [5.74, 6) is 1.06. The second kappa shape index (κ2) is 10.9. The van der Waals surface area contributed by atoms with Crippen LogP contribution in [-0.4, -0.2) is 14.5 Å². The Hall–Kier alpha value is -3.84. The van der Waals surface area contributed by atoms with Gasteiger partial charge in [0.1, 0.15) is 6.57 Å². The fourth-order valence-electron chi connectivity index (χ4n) is 4.01. The van der Waals surface area contributed by atoms with Gasteiger partial charge in [-0.2, -0.15) is 4.85 Å². The van der Waals surface area contributed by atoms with E-state index in [0.29, 0.717) is 5.69 Å². The van der Waals surface area contributed by atoms with Gasteiger partial charge in [-0.05, 0) is 29.2 Å². The average Bonchev–Trinajstić information content (AvgIpc) is 3.39. The Balaban J connectivity index is 0.000000169. The fraction of sp³-hybridized carbons (Fsp3) is 0.0690. The van der Waals surface area contributed by atoms with Crippen LogP contribution in [-0.2, 0) is 33.1 Å². The molecule has 2 aromatic heterocycles. The molecule has 1 aliphatic rings.